The summed E-state index contributed by atoms with van der Waals surface area (Å²) in [6.07, 6.45) is 2.73. The first-order valence-electron chi connectivity index (χ1n) is 4.03. The van der Waals surface area contributed by atoms with Crippen LogP contribution in [0.15, 0.2) is 0 Å². The molecule has 1 atom stereocenters. The number of carbonyl (C=O) groups excluding carboxylic acids is 1. The molecule has 0 amide bonds. The fourth-order valence-corrected chi connectivity index (χ4v) is 3.73. The van der Waals surface area contributed by atoms with Crippen molar-refractivity contribution in [3.05, 3.63) is 0 Å². The van der Waals surface area contributed by atoms with Gasteiger partial charge in [-0.3, -0.25) is 0 Å². The predicted octanol–water partition coefficient (Wildman–Crippen LogP) is 2.11. The topological polar surface area (TPSA) is 17.1 Å². The van der Waals surface area contributed by atoms with Gasteiger partial charge in [-0.25, -0.2) is 0 Å². The molecule has 0 bridgehead atoms. The van der Waals surface area contributed by atoms with Crippen molar-refractivity contribution in [2.24, 2.45) is 5.41 Å². The predicted molar refractivity (Wildman–Crippen MR) is 46.8 cm³/mol. The van der Waals surface area contributed by atoms with Crippen LogP contribution in [-0.4, -0.2) is 28.1 Å². The van der Waals surface area contributed by atoms with E-state index in [0.29, 0.717) is 5.78 Å². The molecular weight excluding hydrogens is 449 g/mol. The van der Waals surface area contributed by atoms with E-state index in [1.54, 1.807) is 0 Å². The average Bonchev–Trinajstić information content (AvgIpc) is 1.49. The maximum absolute atomic E-state index is 11.3. The fraction of sp³-hybridized carbons (Fsp3) is 0.889. The minimum absolute atomic E-state index is 0. The molecule has 12 heavy (non-hydrogen) atoms. The van der Waals surface area contributed by atoms with Crippen molar-refractivity contribution in [3.8, 4) is 0 Å². The molecule has 74 valence electrons. The van der Waals surface area contributed by atoms with Crippen molar-refractivity contribution in [1.29, 1.82) is 0 Å². The summed E-state index contributed by atoms with van der Waals surface area (Å²) in [5.74, 6) is 0.439. The number of Topliss-reactive ketones (excluding diaryl/α,β-unsaturated/α-hetero) is 1. The van der Waals surface area contributed by atoms with Gasteiger partial charge in [0.15, 0.2) is 0 Å². The van der Waals surface area contributed by atoms with Gasteiger partial charge in [0.05, 0.1) is 0 Å². The average molecular weight is 464 g/mol. The third-order valence-corrected chi connectivity index (χ3v) is 2.92. The Morgan fingerprint density at radius 2 is 1.75 bits per heavy atom. The second-order valence-corrected chi connectivity index (χ2v) is 7.50. The molecule has 0 heterocycles. The molecule has 1 fully saturated rings. The molecule has 1 rings (SSSR count). The number of ketones is 1. The zero-order chi connectivity index (χ0) is 8.70. The second kappa shape index (κ2) is 4.15. The van der Waals surface area contributed by atoms with Crippen molar-refractivity contribution >= 4 is 28.1 Å². The van der Waals surface area contributed by atoms with Crippen molar-refractivity contribution in [2.75, 3.05) is 0 Å². The number of hydrogen-bond donors (Lipinski definition) is 0. The zero-order valence-corrected chi connectivity index (χ0v) is 12.2. The molecule has 1 aliphatic carbocycles. The van der Waals surface area contributed by atoms with Crippen LogP contribution >= 0.6 is 0 Å². The number of carbonyl (C=O) groups is 1. The standard InChI is InChI=1S/C9H15OTe.Au/c1-8(2)4-7(10)5-9(3,11)6-8;/h4-6H2,1-3H3;. The summed E-state index contributed by atoms with van der Waals surface area (Å²) >= 11 is 2.11. The Kier molecular flexibility index (Phi) is 4.57. The molecule has 0 N–H and O–H groups in total. The van der Waals surface area contributed by atoms with Crippen LogP contribution in [0.25, 0.3) is 0 Å². The van der Waals surface area contributed by atoms with Crippen LogP contribution in [0.2, 0.25) is 3.46 Å². The minimum atomic E-state index is 0. The molecule has 0 aromatic carbocycles. The van der Waals surface area contributed by atoms with E-state index in [1.807, 2.05) is 0 Å². The molecule has 1 saturated carbocycles. The fourth-order valence-electron chi connectivity index (χ4n) is 2.15. The van der Waals surface area contributed by atoms with Gasteiger partial charge in [0, 0.05) is 22.4 Å². The number of rotatable bonds is 0. The van der Waals surface area contributed by atoms with Gasteiger partial charge in [0.25, 0.3) is 0 Å². The van der Waals surface area contributed by atoms with Crippen LogP contribution in [0.4, 0.5) is 0 Å². The van der Waals surface area contributed by atoms with Crippen molar-refractivity contribution in [2.45, 2.75) is 43.5 Å². The van der Waals surface area contributed by atoms with Gasteiger partial charge in [-0.15, -0.1) is 0 Å². The van der Waals surface area contributed by atoms with E-state index in [4.69, 9.17) is 0 Å². The van der Waals surface area contributed by atoms with E-state index in [0.717, 1.165) is 12.8 Å². The summed E-state index contributed by atoms with van der Waals surface area (Å²) in [5.41, 5.74) is 0.237. The molecule has 0 aliphatic heterocycles. The molecule has 1 nitrogen and oxygen atoms in total. The molecule has 2 radical (unpaired) electrons. The first kappa shape index (κ1) is 13.2. The summed E-state index contributed by atoms with van der Waals surface area (Å²) in [6.45, 7) is 6.57. The van der Waals surface area contributed by atoms with Crippen LogP contribution < -0.4 is 0 Å². The molecule has 0 saturated heterocycles. The molecule has 0 aromatic rings. The summed E-state index contributed by atoms with van der Waals surface area (Å²) < 4.78 is 0.245. The van der Waals surface area contributed by atoms with E-state index in [2.05, 4.69) is 43.1 Å². The first-order chi connectivity index (χ1) is 4.81. The summed E-state index contributed by atoms with van der Waals surface area (Å²) in [5, 5.41) is 0. The van der Waals surface area contributed by atoms with Gasteiger partial charge in [-0.05, 0) is 0 Å². The Morgan fingerprint density at radius 3 is 2.08 bits per heavy atom. The summed E-state index contributed by atoms with van der Waals surface area (Å²) in [4.78, 5) is 11.3. The van der Waals surface area contributed by atoms with Crippen LogP contribution in [0.5, 0.6) is 0 Å². The van der Waals surface area contributed by atoms with Gasteiger partial charge in [-0.2, -0.15) is 0 Å². The van der Waals surface area contributed by atoms with Gasteiger partial charge < -0.3 is 0 Å². The SMILES string of the molecule is CC1(C)CC(=O)CC(C)([Te])C1.[Au]. The van der Waals surface area contributed by atoms with Crippen LogP contribution in [-0.2, 0) is 27.2 Å². The summed E-state index contributed by atoms with van der Waals surface area (Å²) in [7, 11) is 0. The largest absolute Gasteiger partial charge is 0 e. The van der Waals surface area contributed by atoms with E-state index < -0.39 is 0 Å². The van der Waals surface area contributed by atoms with Gasteiger partial charge in [-0.1, -0.05) is 0 Å². The number of hydrogen-bond acceptors (Lipinski definition) is 1. The smallest absolute Gasteiger partial charge is 0 e. The maximum Gasteiger partial charge on any atom is 0 e. The molecule has 1 unspecified atom stereocenters. The minimum Gasteiger partial charge on any atom is 0 e. The Bertz CT molecular complexity index is 169. The van der Waals surface area contributed by atoms with E-state index >= 15 is 0 Å². The molecule has 1 aliphatic rings. The normalized spacial score (nSPS) is 34.2. The molecule has 0 aromatic heterocycles. The maximum atomic E-state index is 11.3. The zero-order valence-electron chi connectivity index (χ0n) is 7.74. The Hall–Kier alpha value is 1.20. The Balaban J connectivity index is 0.00000121. The van der Waals surface area contributed by atoms with Crippen LogP contribution in [0, 0.1) is 5.41 Å². The summed E-state index contributed by atoms with van der Waals surface area (Å²) in [6, 6.07) is 0. The van der Waals surface area contributed by atoms with Crippen LogP contribution in [0.1, 0.15) is 40.0 Å². The van der Waals surface area contributed by atoms with Crippen molar-refractivity contribution in [1.82, 2.24) is 0 Å². The van der Waals surface area contributed by atoms with Gasteiger partial charge in [0.2, 0.25) is 0 Å². The molecule has 3 heteroatoms. The third-order valence-electron chi connectivity index (χ3n) is 2.10. The first-order valence-corrected chi connectivity index (χ1v) is 5.19. The Morgan fingerprint density at radius 1 is 1.25 bits per heavy atom. The van der Waals surface area contributed by atoms with Crippen molar-refractivity contribution in [3.63, 3.8) is 0 Å². The van der Waals surface area contributed by atoms with E-state index in [9.17, 15) is 4.79 Å². The third kappa shape index (κ3) is 3.94. The van der Waals surface area contributed by atoms with Gasteiger partial charge in [0.1, 0.15) is 0 Å². The second-order valence-electron chi connectivity index (χ2n) is 4.68. The van der Waals surface area contributed by atoms with E-state index in [-0.39, 0.29) is 31.3 Å². The monoisotopic (exact) mass is 466 g/mol. The quantitative estimate of drug-likeness (QED) is 0.503. The molecular formula is C9H15AuOTe. The van der Waals surface area contributed by atoms with Crippen LogP contribution in [0.3, 0.4) is 0 Å². The van der Waals surface area contributed by atoms with Crippen molar-refractivity contribution < 1.29 is 27.2 Å². The molecule has 0 spiro atoms. The van der Waals surface area contributed by atoms with Gasteiger partial charge >= 0.3 is 81.8 Å². The van der Waals surface area contributed by atoms with E-state index in [1.165, 1.54) is 6.42 Å². The Labute approximate surface area is 103 Å².